The van der Waals surface area contributed by atoms with Gasteiger partial charge in [-0.15, -0.1) is 12.4 Å². The second kappa shape index (κ2) is 7.31. The molecule has 2 amide bonds. The highest BCUT2D eigenvalue weighted by Gasteiger charge is 2.41. The molecule has 2 aliphatic heterocycles. The summed E-state index contributed by atoms with van der Waals surface area (Å²) in [5.74, 6) is -0.714. The van der Waals surface area contributed by atoms with Crippen LogP contribution in [0.15, 0.2) is 23.1 Å². The number of hydrogen-bond acceptors (Lipinski definition) is 5. The smallest absolute Gasteiger partial charge is 0.268 e. The molecule has 0 spiro atoms. The van der Waals surface area contributed by atoms with E-state index in [1.807, 2.05) is 7.05 Å². The highest BCUT2D eigenvalue weighted by atomic mass is 35.5. The summed E-state index contributed by atoms with van der Waals surface area (Å²) in [7, 11) is -2.01. The van der Waals surface area contributed by atoms with Crippen molar-refractivity contribution in [1.29, 1.82) is 0 Å². The van der Waals surface area contributed by atoms with Gasteiger partial charge in [0.05, 0.1) is 5.56 Å². The van der Waals surface area contributed by atoms with Crippen molar-refractivity contribution in [3.8, 4) is 0 Å². The predicted octanol–water partition coefficient (Wildman–Crippen LogP) is 1.10. The number of likely N-dealkylation sites (N-methyl/N-ethyl adjacent to an activating group) is 1. The number of likely N-dealkylation sites (tertiary alicyclic amines) is 1. The van der Waals surface area contributed by atoms with Crippen LogP contribution in [0, 0.1) is 0 Å². The van der Waals surface area contributed by atoms with Gasteiger partial charge in [-0.2, -0.15) is 0 Å². The molecule has 1 atom stereocenters. The molecule has 0 saturated carbocycles. The quantitative estimate of drug-likeness (QED) is 0.835. The number of halogens is 1. The first-order valence-electron chi connectivity index (χ1n) is 8.08. The Balaban J connectivity index is 0.00000225. The molecule has 1 N–H and O–H groups in total. The lowest BCUT2D eigenvalue weighted by Crippen LogP contribution is -2.40. The number of nitrogens with one attached hydrogen (secondary N) is 1. The molecule has 1 saturated heterocycles. The zero-order valence-corrected chi connectivity index (χ0v) is 15.8. The predicted molar refractivity (Wildman–Crippen MR) is 95.6 cm³/mol. The van der Waals surface area contributed by atoms with Crippen LogP contribution >= 0.6 is 12.4 Å². The first-order chi connectivity index (χ1) is 11.4. The van der Waals surface area contributed by atoms with E-state index in [0.717, 1.165) is 17.1 Å². The van der Waals surface area contributed by atoms with Crippen LogP contribution in [0.1, 0.15) is 40.5 Å². The van der Waals surface area contributed by atoms with Crippen LogP contribution in [-0.4, -0.2) is 62.2 Å². The van der Waals surface area contributed by atoms with Crippen molar-refractivity contribution in [3.63, 3.8) is 0 Å². The minimum Gasteiger partial charge on any atom is -0.334 e. The number of rotatable bonds is 4. The Morgan fingerprint density at radius 3 is 2.72 bits per heavy atom. The molecule has 1 aromatic rings. The maximum absolute atomic E-state index is 12.8. The van der Waals surface area contributed by atoms with Crippen LogP contribution in [0.2, 0.25) is 0 Å². The summed E-state index contributed by atoms with van der Waals surface area (Å²) in [4.78, 5) is 26.7. The Bertz CT molecular complexity index is 797. The first-order valence-corrected chi connectivity index (χ1v) is 9.52. The van der Waals surface area contributed by atoms with Crippen LogP contribution in [0.3, 0.4) is 0 Å². The number of hydrogen-bond donors (Lipinski definition) is 1. The van der Waals surface area contributed by atoms with E-state index in [2.05, 4.69) is 5.32 Å². The van der Waals surface area contributed by atoms with E-state index < -0.39 is 15.9 Å². The highest BCUT2D eigenvalue weighted by molar-refractivity contribution is 7.90. The van der Waals surface area contributed by atoms with Gasteiger partial charge in [-0.05, 0) is 45.0 Å². The molecule has 2 heterocycles. The fourth-order valence-electron chi connectivity index (χ4n) is 3.44. The summed E-state index contributed by atoms with van der Waals surface area (Å²) in [5, 5.41) is 3.08. The Kier molecular flexibility index (Phi) is 5.75. The van der Waals surface area contributed by atoms with E-state index in [1.165, 1.54) is 12.1 Å². The summed E-state index contributed by atoms with van der Waals surface area (Å²) >= 11 is 0. The molecular formula is C16H22ClN3O4S. The number of carbonyl (C=O) groups excluding carboxylic acids is 2. The Morgan fingerprint density at radius 2 is 2.08 bits per heavy atom. The van der Waals surface area contributed by atoms with Gasteiger partial charge in [0.2, 0.25) is 0 Å². The minimum atomic E-state index is -3.85. The Morgan fingerprint density at radius 1 is 1.36 bits per heavy atom. The van der Waals surface area contributed by atoms with E-state index in [1.54, 1.807) is 17.9 Å². The van der Waals surface area contributed by atoms with Gasteiger partial charge in [-0.1, -0.05) is 0 Å². The molecule has 0 radical (unpaired) electrons. The van der Waals surface area contributed by atoms with E-state index in [9.17, 15) is 18.0 Å². The van der Waals surface area contributed by atoms with Gasteiger partial charge in [-0.25, -0.2) is 12.7 Å². The standard InChI is InChI=1S/C16H21N3O4S.ClH/c1-3-19-16(21)13-7-6-11(9-14(13)24(19,22)23)15(20)18-8-4-5-12(18)10-17-2;/h6-7,9,12,17H,3-5,8,10H2,1-2H3;1H. The summed E-state index contributed by atoms with van der Waals surface area (Å²) in [6, 6.07) is 4.44. The molecule has 7 nitrogen and oxygen atoms in total. The number of nitrogens with zero attached hydrogens (tertiary/aromatic N) is 2. The van der Waals surface area contributed by atoms with Gasteiger partial charge in [0.1, 0.15) is 4.90 Å². The van der Waals surface area contributed by atoms with Crippen LogP contribution < -0.4 is 5.32 Å². The monoisotopic (exact) mass is 387 g/mol. The maximum Gasteiger partial charge on any atom is 0.268 e. The van der Waals surface area contributed by atoms with E-state index in [4.69, 9.17) is 0 Å². The lowest BCUT2D eigenvalue weighted by atomic mass is 10.1. The van der Waals surface area contributed by atoms with Gasteiger partial charge in [0, 0.05) is 31.2 Å². The molecular weight excluding hydrogens is 366 g/mol. The second-order valence-electron chi connectivity index (χ2n) is 6.04. The molecule has 0 aromatic heterocycles. The third kappa shape index (κ3) is 3.14. The molecule has 3 rings (SSSR count). The van der Waals surface area contributed by atoms with Gasteiger partial charge in [0.15, 0.2) is 0 Å². The van der Waals surface area contributed by atoms with Crippen molar-refractivity contribution in [2.45, 2.75) is 30.7 Å². The number of amides is 2. The SMILES string of the molecule is CCN1C(=O)c2ccc(C(=O)N3CCCC3CNC)cc2S1(=O)=O.Cl. The van der Waals surface area contributed by atoms with Crippen molar-refractivity contribution in [2.75, 3.05) is 26.7 Å². The largest absolute Gasteiger partial charge is 0.334 e. The first kappa shape index (κ1) is 19.7. The molecule has 9 heteroatoms. The van der Waals surface area contributed by atoms with E-state index >= 15 is 0 Å². The van der Waals surface area contributed by atoms with Gasteiger partial charge in [0.25, 0.3) is 21.8 Å². The molecule has 2 aliphatic rings. The van der Waals surface area contributed by atoms with Crippen LogP contribution in [-0.2, 0) is 10.0 Å². The lowest BCUT2D eigenvalue weighted by Gasteiger charge is -2.24. The third-order valence-corrected chi connectivity index (χ3v) is 6.52. The minimum absolute atomic E-state index is 0. The molecule has 138 valence electrons. The van der Waals surface area contributed by atoms with Crippen LogP contribution in [0.5, 0.6) is 0 Å². The maximum atomic E-state index is 12.8. The molecule has 0 bridgehead atoms. The van der Waals surface area contributed by atoms with Gasteiger partial charge in [-0.3, -0.25) is 9.59 Å². The summed E-state index contributed by atoms with van der Waals surface area (Å²) in [6.07, 6.45) is 1.86. The van der Waals surface area contributed by atoms with Crippen molar-refractivity contribution >= 4 is 34.2 Å². The zero-order valence-electron chi connectivity index (χ0n) is 14.2. The van der Waals surface area contributed by atoms with Crippen molar-refractivity contribution in [2.24, 2.45) is 0 Å². The number of sulfonamides is 1. The molecule has 1 fully saturated rings. The molecule has 1 aromatic carbocycles. The average molecular weight is 388 g/mol. The van der Waals surface area contributed by atoms with Crippen molar-refractivity contribution < 1.29 is 18.0 Å². The molecule has 25 heavy (non-hydrogen) atoms. The third-order valence-electron chi connectivity index (χ3n) is 4.62. The summed E-state index contributed by atoms with van der Waals surface area (Å²) in [5.41, 5.74) is 0.452. The van der Waals surface area contributed by atoms with Gasteiger partial charge >= 0.3 is 0 Å². The lowest BCUT2D eigenvalue weighted by molar-refractivity contribution is 0.0736. The van der Waals surface area contributed by atoms with Crippen molar-refractivity contribution in [3.05, 3.63) is 29.3 Å². The zero-order chi connectivity index (χ0) is 17.5. The second-order valence-corrected chi connectivity index (χ2v) is 7.87. The number of benzene rings is 1. The number of fused-ring (bicyclic) bond motifs is 1. The normalized spacial score (nSPS) is 21.2. The summed E-state index contributed by atoms with van der Waals surface area (Å²) in [6.45, 7) is 3.06. The topological polar surface area (TPSA) is 86.8 Å². The molecule has 0 aliphatic carbocycles. The average Bonchev–Trinajstić information content (AvgIpc) is 3.09. The highest BCUT2D eigenvalue weighted by Crippen LogP contribution is 2.31. The fourth-order valence-corrected chi connectivity index (χ4v) is 5.04. The van der Waals surface area contributed by atoms with Crippen LogP contribution in [0.4, 0.5) is 0 Å². The van der Waals surface area contributed by atoms with Crippen LogP contribution in [0.25, 0.3) is 0 Å². The summed E-state index contributed by atoms with van der Waals surface area (Å²) < 4.78 is 25.8. The fraction of sp³-hybridized carbons (Fsp3) is 0.500. The Hall–Kier alpha value is -1.64. The van der Waals surface area contributed by atoms with Gasteiger partial charge < -0.3 is 10.2 Å². The molecule has 1 unspecified atom stereocenters. The van der Waals surface area contributed by atoms with E-state index in [-0.39, 0.29) is 41.4 Å². The number of carbonyl (C=O) groups is 2. The van der Waals surface area contributed by atoms with Crippen molar-refractivity contribution in [1.82, 2.24) is 14.5 Å². The van der Waals surface area contributed by atoms with E-state index in [0.29, 0.717) is 18.7 Å². The Labute approximate surface area is 153 Å².